The number of ether oxygens (including phenoxy) is 1. The van der Waals surface area contributed by atoms with Gasteiger partial charge < -0.3 is 10.1 Å². The average molecular weight is 497 g/mol. The van der Waals surface area contributed by atoms with Crippen LogP contribution in [-0.4, -0.2) is 44.5 Å². The summed E-state index contributed by atoms with van der Waals surface area (Å²) in [5, 5.41) is 2.65. The van der Waals surface area contributed by atoms with Gasteiger partial charge in [0.25, 0.3) is 5.91 Å². The Morgan fingerprint density at radius 3 is 2.42 bits per heavy atom. The topological polar surface area (TPSA) is 75.7 Å². The molecule has 0 unspecified atom stereocenters. The van der Waals surface area contributed by atoms with Gasteiger partial charge in [-0.3, -0.25) is 4.79 Å². The smallest absolute Gasteiger partial charge is 0.422 e. The van der Waals surface area contributed by atoms with Gasteiger partial charge in [-0.25, -0.2) is 8.42 Å². The van der Waals surface area contributed by atoms with Crippen molar-refractivity contribution in [3.63, 3.8) is 0 Å². The van der Waals surface area contributed by atoms with Crippen molar-refractivity contribution in [1.82, 2.24) is 4.31 Å². The molecule has 1 aliphatic heterocycles. The van der Waals surface area contributed by atoms with Crippen molar-refractivity contribution in [2.75, 3.05) is 25.0 Å². The summed E-state index contributed by atoms with van der Waals surface area (Å²) in [7, 11) is -3.88. The molecule has 1 aliphatic rings. The molecule has 1 fully saturated rings. The van der Waals surface area contributed by atoms with E-state index >= 15 is 0 Å². The molecule has 1 heterocycles. The van der Waals surface area contributed by atoms with E-state index in [0.717, 1.165) is 18.2 Å². The molecule has 31 heavy (non-hydrogen) atoms. The number of carbonyl (C=O) groups excluding carboxylic acids is 1. The zero-order valence-electron chi connectivity index (χ0n) is 15.9. The Labute approximate surface area is 186 Å². The molecule has 1 N–H and O–H groups in total. The molecule has 1 amide bonds. The van der Waals surface area contributed by atoms with Gasteiger partial charge in [0.15, 0.2) is 6.61 Å². The van der Waals surface area contributed by atoms with Crippen molar-refractivity contribution in [2.45, 2.75) is 23.9 Å². The second-order valence-corrected chi connectivity index (χ2v) is 9.53. The van der Waals surface area contributed by atoms with Crippen LogP contribution in [0.15, 0.2) is 41.3 Å². The first kappa shape index (κ1) is 23.6. The summed E-state index contributed by atoms with van der Waals surface area (Å²) in [6, 6.07) is 7.40. The molecule has 0 spiro atoms. The molecular weight excluding hydrogens is 480 g/mol. The highest BCUT2D eigenvalue weighted by atomic mass is 35.5. The predicted molar refractivity (Wildman–Crippen MR) is 110 cm³/mol. The summed E-state index contributed by atoms with van der Waals surface area (Å²) < 4.78 is 69.6. The number of nitrogens with one attached hydrogen (secondary N) is 1. The lowest BCUT2D eigenvalue weighted by atomic mass is 10.2. The highest BCUT2D eigenvalue weighted by molar-refractivity contribution is 7.89. The van der Waals surface area contributed by atoms with Gasteiger partial charge in [0.05, 0.1) is 21.2 Å². The molecule has 0 atom stereocenters. The maximum absolute atomic E-state index is 12.8. The molecule has 0 bridgehead atoms. The zero-order valence-corrected chi connectivity index (χ0v) is 18.2. The highest BCUT2D eigenvalue weighted by Crippen LogP contribution is 2.32. The Bertz CT molecular complexity index is 1090. The molecule has 168 valence electrons. The second-order valence-electron chi connectivity index (χ2n) is 6.75. The molecule has 0 aliphatic carbocycles. The first-order valence-electron chi connectivity index (χ1n) is 9.07. The Hall–Kier alpha value is -2.01. The maximum atomic E-state index is 12.8. The fourth-order valence-corrected chi connectivity index (χ4v) is 4.91. The number of amides is 1. The third kappa shape index (κ3) is 5.82. The third-order valence-electron chi connectivity index (χ3n) is 4.47. The van der Waals surface area contributed by atoms with E-state index in [1.165, 1.54) is 22.5 Å². The Kier molecular flexibility index (Phi) is 7.04. The van der Waals surface area contributed by atoms with Crippen molar-refractivity contribution in [2.24, 2.45) is 0 Å². The van der Waals surface area contributed by atoms with E-state index in [0.29, 0.717) is 25.9 Å². The van der Waals surface area contributed by atoms with Crippen LogP contribution in [0.4, 0.5) is 18.9 Å². The van der Waals surface area contributed by atoms with Crippen molar-refractivity contribution in [1.29, 1.82) is 0 Å². The Morgan fingerprint density at radius 2 is 1.77 bits per heavy atom. The molecular formula is C19H17Cl2F3N2O4S. The minimum atomic E-state index is -4.63. The van der Waals surface area contributed by atoms with Gasteiger partial charge in [0.1, 0.15) is 5.75 Å². The summed E-state index contributed by atoms with van der Waals surface area (Å²) in [6.07, 6.45) is -3.20. The van der Waals surface area contributed by atoms with Crippen LogP contribution in [0, 0.1) is 0 Å². The SMILES string of the molecule is O=C(Nc1cc(S(=O)(=O)N2CCCC2)ccc1OCC(F)(F)F)c1cc(Cl)ccc1Cl. The standard InChI is InChI=1S/C19H17Cl2F3N2O4S/c20-12-3-5-15(21)14(9-12)18(27)25-16-10-13(31(28,29)26-7-1-2-8-26)4-6-17(16)30-11-19(22,23)24/h3-6,9-10H,1-2,7-8,11H2,(H,25,27). The van der Waals surface area contributed by atoms with Crippen LogP contribution in [0.3, 0.4) is 0 Å². The van der Waals surface area contributed by atoms with Crippen LogP contribution in [0.25, 0.3) is 0 Å². The number of hydrogen-bond donors (Lipinski definition) is 1. The molecule has 1 saturated heterocycles. The number of sulfonamides is 1. The number of halogens is 5. The molecule has 12 heteroatoms. The molecule has 2 aromatic rings. The van der Waals surface area contributed by atoms with Crippen molar-refractivity contribution < 1.29 is 31.1 Å². The normalized spacial score (nSPS) is 15.1. The van der Waals surface area contributed by atoms with E-state index < -0.39 is 28.7 Å². The van der Waals surface area contributed by atoms with Crippen LogP contribution in [0.1, 0.15) is 23.2 Å². The quantitative estimate of drug-likeness (QED) is 0.612. The van der Waals surface area contributed by atoms with Gasteiger partial charge in [0.2, 0.25) is 10.0 Å². The third-order valence-corrected chi connectivity index (χ3v) is 6.93. The first-order valence-corrected chi connectivity index (χ1v) is 11.3. The van der Waals surface area contributed by atoms with E-state index in [2.05, 4.69) is 5.32 Å². The number of carbonyl (C=O) groups is 1. The number of nitrogens with zero attached hydrogens (tertiary/aromatic N) is 1. The Balaban J connectivity index is 1.97. The summed E-state index contributed by atoms with van der Waals surface area (Å²) in [5.74, 6) is -1.13. The largest absolute Gasteiger partial charge is 0.482 e. The lowest BCUT2D eigenvalue weighted by Gasteiger charge is -2.19. The van der Waals surface area contributed by atoms with Gasteiger partial charge in [-0.1, -0.05) is 23.2 Å². The van der Waals surface area contributed by atoms with Crippen LogP contribution in [0.5, 0.6) is 5.75 Å². The van der Waals surface area contributed by atoms with Crippen LogP contribution in [-0.2, 0) is 10.0 Å². The van der Waals surface area contributed by atoms with Gasteiger partial charge in [-0.2, -0.15) is 17.5 Å². The van der Waals surface area contributed by atoms with E-state index in [9.17, 15) is 26.4 Å². The molecule has 0 aromatic heterocycles. The fourth-order valence-electron chi connectivity index (χ4n) is 2.99. The monoisotopic (exact) mass is 496 g/mol. The first-order chi connectivity index (χ1) is 14.5. The van der Waals surface area contributed by atoms with E-state index in [1.54, 1.807) is 0 Å². The van der Waals surface area contributed by atoms with Crippen LogP contribution in [0.2, 0.25) is 10.0 Å². The van der Waals surface area contributed by atoms with Crippen molar-refractivity contribution in [3.05, 3.63) is 52.0 Å². The van der Waals surface area contributed by atoms with E-state index in [1.807, 2.05) is 0 Å². The van der Waals surface area contributed by atoms with Gasteiger partial charge in [0, 0.05) is 18.1 Å². The van der Waals surface area contributed by atoms with E-state index in [-0.39, 0.29) is 31.9 Å². The van der Waals surface area contributed by atoms with Crippen LogP contribution < -0.4 is 10.1 Å². The van der Waals surface area contributed by atoms with Gasteiger partial charge in [-0.05, 0) is 49.2 Å². The molecule has 3 rings (SSSR count). The minimum absolute atomic E-state index is 0.0382. The summed E-state index contributed by atoms with van der Waals surface area (Å²) in [5.41, 5.74) is -0.283. The Morgan fingerprint density at radius 1 is 1.10 bits per heavy atom. The zero-order chi connectivity index (χ0) is 22.8. The minimum Gasteiger partial charge on any atom is -0.482 e. The highest BCUT2D eigenvalue weighted by Gasteiger charge is 2.31. The average Bonchev–Trinajstić information content (AvgIpc) is 3.23. The summed E-state index contributed by atoms with van der Waals surface area (Å²) >= 11 is 11.9. The van der Waals surface area contributed by atoms with E-state index in [4.69, 9.17) is 27.9 Å². The van der Waals surface area contributed by atoms with Crippen molar-refractivity contribution in [3.8, 4) is 5.75 Å². The number of hydrogen-bond acceptors (Lipinski definition) is 4. The van der Waals surface area contributed by atoms with Crippen LogP contribution >= 0.6 is 23.2 Å². The van der Waals surface area contributed by atoms with Crippen molar-refractivity contribution >= 4 is 44.8 Å². The predicted octanol–water partition coefficient (Wildman–Crippen LogP) is 4.97. The number of anilines is 1. The lowest BCUT2D eigenvalue weighted by molar-refractivity contribution is -0.153. The number of benzene rings is 2. The summed E-state index contributed by atoms with van der Waals surface area (Å²) in [6.45, 7) is -0.936. The molecule has 0 radical (unpaired) electrons. The second kappa shape index (κ2) is 9.23. The maximum Gasteiger partial charge on any atom is 0.422 e. The number of alkyl halides is 3. The molecule has 2 aromatic carbocycles. The van der Waals surface area contributed by atoms with Gasteiger partial charge in [-0.15, -0.1) is 0 Å². The molecule has 0 saturated carbocycles. The molecule has 6 nitrogen and oxygen atoms in total. The summed E-state index contributed by atoms with van der Waals surface area (Å²) in [4.78, 5) is 12.5. The van der Waals surface area contributed by atoms with Gasteiger partial charge >= 0.3 is 6.18 Å². The number of rotatable bonds is 6. The fraction of sp³-hybridized carbons (Fsp3) is 0.316. The lowest BCUT2D eigenvalue weighted by Crippen LogP contribution is -2.28.